The largest absolute Gasteiger partial charge is 0.357 e. The number of thiazole rings is 1. The van der Waals surface area contributed by atoms with E-state index in [0.717, 1.165) is 34.2 Å². The summed E-state index contributed by atoms with van der Waals surface area (Å²) in [5.74, 6) is 1.40. The molecule has 0 aliphatic rings. The smallest absolute Gasteiger partial charge is 0.180 e. The number of anilines is 1. The summed E-state index contributed by atoms with van der Waals surface area (Å²) in [4.78, 5) is 18.3. The van der Waals surface area contributed by atoms with Crippen molar-refractivity contribution in [1.29, 1.82) is 0 Å². The first-order valence-corrected chi connectivity index (χ1v) is 9.71. The zero-order chi connectivity index (χ0) is 18.5. The highest BCUT2D eigenvalue weighted by atomic mass is 32.1. The van der Waals surface area contributed by atoms with Gasteiger partial charge in [-0.25, -0.2) is 15.0 Å². The average Bonchev–Trinajstić information content (AvgIpc) is 3.27. The fraction of sp³-hybridized carbons (Fsp3) is 0.143. The summed E-state index contributed by atoms with van der Waals surface area (Å²) in [6.45, 7) is 2.09. The quantitative estimate of drug-likeness (QED) is 0.528. The van der Waals surface area contributed by atoms with Crippen molar-refractivity contribution in [3.8, 4) is 11.5 Å². The van der Waals surface area contributed by atoms with Crippen LogP contribution in [0.5, 0.6) is 0 Å². The molecule has 0 radical (unpaired) electrons. The maximum Gasteiger partial charge on any atom is 0.180 e. The first kappa shape index (κ1) is 17.3. The van der Waals surface area contributed by atoms with E-state index >= 15 is 0 Å². The van der Waals surface area contributed by atoms with Gasteiger partial charge in [0.15, 0.2) is 5.82 Å². The lowest BCUT2D eigenvalue weighted by molar-refractivity contribution is 0.899. The van der Waals surface area contributed by atoms with E-state index in [0.29, 0.717) is 5.82 Å². The van der Waals surface area contributed by atoms with Crippen LogP contribution in [0, 0.1) is 0 Å². The SMILES string of the molecule is CCc1cc(NC(c2ccccc2)c2nccs2)nc(-c2ccccn2)n1. The molecule has 4 aromatic rings. The molecule has 0 amide bonds. The third-order valence-electron chi connectivity index (χ3n) is 4.16. The van der Waals surface area contributed by atoms with Gasteiger partial charge in [0, 0.05) is 29.5 Å². The minimum Gasteiger partial charge on any atom is -0.357 e. The van der Waals surface area contributed by atoms with Crippen LogP contribution in [0.15, 0.2) is 72.4 Å². The topological polar surface area (TPSA) is 63.6 Å². The standard InChI is InChI=1S/C21H19N5S/c1-2-16-14-18(26-20(24-16)17-10-6-7-11-22-17)25-19(21-23-12-13-27-21)15-8-4-3-5-9-15/h3-14,19H,2H2,1H3,(H,24,25,26). The average molecular weight is 373 g/mol. The molecule has 0 bridgehead atoms. The predicted octanol–water partition coefficient (Wildman–Crippen LogP) is 4.76. The highest BCUT2D eigenvalue weighted by Gasteiger charge is 2.18. The van der Waals surface area contributed by atoms with Gasteiger partial charge in [-0.2, -0.15) is 0 Å². The summed E-state index contributed by atoms with van der Waals surface area (Å²) in [6, 6.07) is 18.0. The van der Waals surface area contributed by atoms with Gasteiger partial charge >= 0.3 is 0 Å². The number of hydrogen-bond donors (Lipinski definition) is 1. The number of nitrogens with one attached hydrogen (secondary N) is 1. The molecule has 0 aliphatic heterocycles. The highest BCUT2D eigenvalue weighted by molar-refractivity contribution is 7.09. The van der Waals surface area contributed by atoms with Gasteiger partial charge in [-0.3, -0.25) is 4.98 Å². The Morgan fingerprint density at radius 3 is 2.52 bits per heavy atom. The number of nitrogens with zero attached hydrogens (tertiary/aromatic N) is 4. The lowest BCUT2D eigenvalue weighted by atomic mass is 10.1. The number of hydrogen-bond acceptors (Lipinski definition) is 6. The summed E-state index contributed by atoms with van der Waals surface area (Å²) in [6.07, 6.45) is 4.41. The molecule has 0 fully saturated rings. The Kier molecular flexibility index (Phi) is 5.16. The van der Waals surface area contributed by atoms with Gasteiger partial charge in [-0.1, -0.05) is 43.3 Å². The van der Waals surface area contributed by atoms with Crippen LogP contribution in [0.25, 0.3) is 11.5 Å². The van der Waals surface area contributed by atoms with Crippen molar-refractivity contribution >= 4 is 17.2 Å². The Morgan fingerprint density at radius 2 is 1.81 bits per heavy atom. The maximum absolute atomic E-state index is 4.72. The van der Waals surface area contributed by atoms with E-state index in [9.17, 15) is 0 Å². The van der Waals surface area contributed by atoms with Gasteiger partial charge in [0.05, 0.1) is 0 Å². The van der Waals surface area contributed by atoms with Gasteiger partial charge in [-0.15, -0.1) is 11.3 Å². The highest BCUT2D eigenvalue weighted by Crippen LogP contribution is 2.28. The molecule has 4 rings (SSSR count). The second-order valence-corrected chi connectivity index (χ2v) is 6.92. The van der Waals surface area contributed by atoms with Crippen LogP contribution in [0.2, 0.25) is 0 Å². The first-order valence-electron chi connectivity index (χ1n) is 8.83. The minimum absolute atomic E-state index is 0.0672. The normalized spacial score (nSPS) is 11.9. The fourth-order valence-electron chi connectivity index (χ4n) is 2.82. The van der Waals surface area contributed by atoms with Crippen LogP contribution in [-0.2, 0) is 6.42 Å². The van der Waals surface area contributed by atoms with Crippen molar-refractivity contribution in [3.63, 3.8) is 0 Å². The van der Waals surface area contributed by atoms with Crippen molar-refractivity contribution < 1.29 is 0 Å². The fourth-order valence-corrected chi connectivity index (χ4v) is 3.53. The Hall–Kier alpha value is -3.12. The Morgan fingerprint density at radius 1 is 0.963 bits per heavy atom. The molecule has 6 heteroatoms. The van der Waals surface area contributed by atoms with Crippen molar-refractivity contribution in [2.45, 2.75) is 19.4 Å². The van der Waals surface area contributed by atoms with Crippen molar-refractivity contribution in [3.05, 3.63) is 88.6 Å². The van der Waals surface area contributed by atoms with Crippen LogP contribution >= 0.6 is 11.3 Å². The predicted molar refractivity (Wildman–Crippen MR) is 109 cm³/mol. The van der Waals surface area contributed by atoms with Crippen LogP contribution < -0.4 is 5.32 Å². The molecule has 3 aromatic heterocycles. The molecule has 5 nitrogen and oxygen atoms in total. The molecule has 1 unspecified atom stereocenters. The molecule has 1 N–H and O–H groups in total. The lowest BCUT2D eigenvalue weighted by Crippen LogP contribution is -2.14. The summed E-state index contributed by atoms with van der Waals surface area (Å²) < 4.78 is 0. The van der Waals surface area contributed by atoms with Gasteiger partial charge in [0.1, 0.15) is 22.6 Å². The Labute approximate surface area is 162 Å². The van der Waals surface area contributed by atoms with E-state index in [1.165, 1.54) is 0 Å². The molecule has 27 heavy (non-hydrogen) atoms. The maximum atomic E-state index is 4.72. The molecular formula is C21H19N5S. The van der Waals surface area contributed by atoms with Crippen LogP contribution in [0.3, 0.4) is 0 Å². The van der Waals surface area contributed by atoms with Crippen molar-refractivity contribution in [2.75, 3.05) is 5.32 Å². The van der Waals surface area contributed by atoms with E-state index in [2.05, 4.69) is 39.3 Å². The van der Waals surface area contributed by atoms with Crippen LogP contribution in [0.1, 0.15) is 29.2 Å². The second-order valence-electron chi connectivity index (χ2n) is 6.00. The first-order chi connectivity index (χ1) is 13.3. The molecule has 0 spiro atoms. The molecular weight excluding hydrogens is 354 g/mol. The van der Waals surface area contributed by atoms with E-state index < -0.39 is 0 Å². The molecule has 134 valence electrons. The van der Waals surface area contributed by atoms with Crippen LogP contribution in [0.4, 0.5) is 5.82 Å². The molecule has 0 aliphatic carbocycles. The Balaban J connectivity index is 1.73. The number of benzene rings is 1. The van der Waals surface area contributed by atoms with Gasteiger partial charge in [0.25, 0.3) is 0 Å². The van der Waals surface area contributed by atoms with Crippen molar-refractivity contribution in [2.24, 2.45) is 0 Å². The summed E-state index contributed by atoms with van der Waals surface area (Å²) >= 11 is 1.63. The molecule has 3 heterocycles. The van der Waals surface area contributed by atoms with Gasteiger partial charge in [0.2, 0.25) is 0 Å². The summed E-state index contributed by atoms with van der Waals surface area (Å²) in [5.41, 5.74) is 2.88. The zero-order valence-electron chi connectivity index (χ0n) is 14.9. The van der Waals surface area contributed by atoms with Crippen molar-refractivity contribution in [1.82, 2.24) is 19.9 Å². The summed E-state index contributed by atoms with van der Waals surface area (Å²) in [5, 5.41) is 6.54. The molecule has 1 atom stereocenters. The summed E-state index contributed by atoms with van der Waals surface area (Å²) in [7, 11) is 0. The second kappa shape index (κ2) is 8.05. The van der Waals surface area contributed by atoms with Crippen LogP contribution in [-0.4, -0.2) is 19.9 Å². The number of pyridine rings is 1. The monoisotopic (exact) mass is 373 g/mol. The van der Waals surface area contributed by atoms with Gasteiger partial charge in [-0.05, 0) is 24.1 Å². The molecule has 0 saturated carbocycles. The third-order valence-corrected chi connectivity index (χ3v) is 5.00. The molecule has 1 aromatic carbocycles. The van der Waals surface area contributed by atoms with Gasteiger partial charge < -0.3 is 5.32 Å². The van der Waals surface area contributed by atoms with E-state index in [4.69, 9.17) is 4.98 Å². The number of rotatable bonds is 6. The van der Waals surface area contributed by atoms with E-state index in [-0.39, 0.29) is 6.04 Å². The zero-order valence-corrected chi connectivity index (χ0v) is 15.7. The van der Waals surface area contributed by atoms with E-state index in [1.54, 1.807) is 17.5 Å². The third kappa shape index (κ3) is 4.01. The number of aromatic nitrogens is 4. The minimum atomic E-state index is -0.0672. The Bertz CT molecular complexity index is 988. The lowest BCUT2D eigenvalue weighted by Gasteiger charge is -2.18. The number of aryl methyl sites for hydroxylation is 1. The molecule has 0 saturated heterocycles. The van der Waals surface area contributed by atoms with E-state index in [1.807, 2.05) is 54.0 Å².